The van der Waals surface area contributed by atoms with Crippen molar-refractivity contribution in [2.75, 3.05) is 30.4 Å². The van der Waals surface area contributed by atoms with Gasteiger partial charge in [0, 0.05) is 25.0 Å². The highest BCUT2D eigenvalue weighted by molar-refractivity contribution is 6.32. The van der Waals surface area contributed by atoms with E-state index in [1.165, 1.54) is 6.42 Å². The summed E-state index contributed by atoms with van der Waals surface area (Å²) in [4.78, 5) is 23.6. The van der Waals surface area contributed by atoms with Crippen LogP contribution in [0, 0.1) is 6.92 Å². The van der Waals surface area contributed by atoms with Crippen molar-refractivity contribution >= 4 is 29.1 Å². The van der Waals surface area contributed by atoms with E-state index in [2.05, 4.69) is 20.2 Å². The predicted octanol–water partition coefficient (Wildman–Crippen LogP) is 3.69. The van der Waals surface area contributed by atoms with Crippen LogP contribution >= 0.6 is 11.6 Å². The molecular weight excluding hydrogens is 340 g/mol. The number of amides is 1. The Morgan fingerprint density at radius 3 is 2.68 bits per heavy atom. The number of anilines is 2. The summed E-state index contributed by atoms with van der Waals surface area (Å²) < 4.78 is 5.11. The van der Waals surface area contributed by atoms with E-state index in [0.29, 0.717) is 33.7 Å². The molecule has 1 aromatic carbocycles. The van der Waals surface area contributed by atoms with Crippen LogP contribution in [0.4, 0.5) is 11.6 Å². The average Bonchev–Trinajstić information content (AvgIpc) is 2.62. The molecule has 0 spiro atoms. The summed E-state index contributed by atoms with van der Waals surface area (Å²) in [5.41, 5.74) is 1.70. The van der Waals surface area contributed by atoms with E-state index in [9.17, 15) is 4.79 Å². The fourth-order valence-electron chi connectivity index (χ4n) is 2.87. The highest BCUT2D eigenvalue weighted by Gasteiger charge is 2.17. The minimum Gasteiger partial charge on any atom is -0.495 e. The number of methoxy groups -OCH3 is 1. The summed E-state index contributed by atoms with van der Waals surface area (Å²) in [7, 11) is 1.55. The highest BCUT2D eigenvalue weighted by atomic mass is 35.5. The van der Waals surface area contributed by atoms with Crippen LogP contribution in [0.5, 0.6) is 5.75 Å². The van der Waals surface area contributed by atoms with Crippen LogP contribution in [-0.4, -0.2) is 36.1 Å². The lowest BCUT2D eigenvalue weighted by Gasteiger charge is -2.26. The lowest BCUT2D eigenvalue weighted by molar-refractivity contribution is 0.102. The Labute approximate surface area is 152 Å². The molecule has 0 aliphatic carbocycles. The third-order valence-corrected chi connectivity index (χ3v) is 4.56. The topological polar surface area (TPSA) is 67.3 Å². The quantitative estimate of drug-likeness (QED) is 0.900. The molecule has 2 aromatic rings. The summed E-state index contributed by atoms with van der Waals surface area (Å²) in [6.45, 7) is 3.76. The number of hydrogen-bond acceptors (Lipinski definition) is 5. The van der Waals surface area contributed by atoms with Gasteiger partial charge >= 0.3 is 0 Å². The van der Waals surface area contributed by atoms with Gasteiger partial charge < -0.3 is 15.0 Å². The third kappa shape index (κ3) is 4.02. The molecule has 0 saturated carbocycles. The van der Waals surface area contributed by atoms with Gasteiger partial charge in [-0.1, -0.05) is 11.6 Å². The Hall–Kier alpha value is -2.34. The second-order valence-corrected chi connectivity index (χ2v) is 6.43. The summed E-state index contributed by atoms with van der Waals surface area (Å²) in [5.74, 6) is 0.996. The molecule has 0 unspecified atom stereocenters. The van der Waals surface area contributed by atoms with Gasteiger partial charge in [-0.3, -0.25) is 4.79 Å². The molecule has 1 aliphatic rings. The molecule has 3 rings (SSSR count). The molecule has 25 heavy (non-hydrogen) atoms. The largest absolute Gasteiger partial charge is 0.495 e. The van der Waals surface area contributed by atoms with Gasteiger partial charge in [-0.2, -0.15) is 0 Å². The molecule has 2 heterocycles. The first kappa shape index (κ1) is 17.5. The standard InChI is InChI=1S/C18H21ClN4O2/c1-12-14(11-20-18(21-12)23-8-4-3-5-9-23)17(24)22-13-6-7-16(25-2)15(19)10-13/h6-7,10-11H,3-5,8-9H2,1-2H3,(H,22,24). The van der Waals surface area contributed by atoms with Crippen LogP contribution in [0.25, 0.3) is 0 Å². The van der Waals surface area contributed by atoms with Gasteiger partial charge in [0.15, 0.2) is 0 Å². The zero-order valence-electron chi connectivity index (χ0n) is 14.4. The van der Waals surface area contributed by atoms with E-state index in [0.717, 1.165) is 25.9 Å². The smallest absolute Gasteiger partial charge is 0.259 e. The second kappa shape index (κ2) is 7.70. The molecule has 0 atom stereocenters. The molecule has 1 aromatic heterocycles. The number of carbonyl (C=O) groups excluding carboxylic acids is 1. The van der Waals surface area contributed by atoms with Crippen molar-refractivity contribution in [2.24, 2.45) is 0 Å². The van der Waals surface area contributed by atoms with Crippen LogP contribution in [0.2, 0.25) is 5.02 Å². The van der Waals surface area contributed by atoms with Crippen molar-refractivity contribution in [1.82, 2.24) is 9.97 Å². The Bertz CT molecular complexity index is 776. The van der Waals surface area contributed by atoms with Gasteiger partial charge in [0.1, 0.15) is 5.75 Å². The number of halogens is 1. The number of nitrogens with zero attached hydrogens (tertiary/aromatic N) is 3. The van der Waals surface area contributed by atoms with Crippen LogP contribution in [0.1, 0.15) is 35.3 Å². The zero-order valence-corrected chi connectivity index (χ0v) is 15.1. The number of rotatable bonds is 4. The summed E-state index contributed by atoms with van der Waals surface area (Å²) in [6.07, 6.45) is 5.15. The number of piperidine rings is 1. The van der Waals surface area contributed by atoms with Gasteiger partial charge in [0.05, 0.1) is 23.4 Å². The normalized spacial score (nSPS) is 14.3. The van der Waals surface area contributed by atoms with Crippen LogP contribution in [-0.2, 0) is 0 Å². The Morgan fingerprint density at radius 2 is 2.04 bits per heavy atom. The zero-order chi connectivity index (χ0) is 17.8. The lowest BCUT2D eigenvalue weighted by atomic mass is 10.1. The van der Waals surface area contributed by atoms with Crippen molar-refractivity contribution in [3.05, 3.63) is 40.7 Å². The molecule has 1 amide bonds. The van der Waals surface area contributed by atoms with Gasteiger partial charge in [-0.15, -0.1) is 0 Å². The van der Waals surface area contributed by atoms with E-state index >= 15 is 0 Å². The van der Waals surface area contributed by atoms with E-state index in [4.69, 9.17) is 16.3 Å². The van der Waals surface area contributed by atoms with Gasteiger partial charge in [0.2, 0.25) is 5.95 Å². The number of nitrogens with one attached hydrogen (secondary N) is 1. The van der Waals surface area contributed by atoms with Gasteiger partial charge in [0.25, 0.3) is 5.91 Å². The van der Waals surface area contributed by atoms with E-state index < -0.39 is 0 Å². The number of benzene rings is 1. The number of ether oxygens (including phenoxy) is 1. The molecule has 7 heteroatoms. The average molecular weight is 361 g/mol. The first-order chi connectivity index (χ1) is 12.1. The van der Waals surface area contributed by atoms with Gasteiger partial charge in [-0.25, -0.2) is 9.97 Å². The third-order valence-electron chi connectivity index (χ3n) is 4.26. The first-order valence-electron chi connectivity index (χ1n) is 8.32. The molecule has 0 radical (unpaired) electrons. The molecular formula is C18H21ClN4O2. The molecule has 0 bridgehead atoms. The van der Waals surface area contributed by atoms with Crippen molar-refractivity contribution in [3.63, 3.8) is 0 Å². The molecule has 132 valence electrons. The maximum atomic E-state index is 12.5. The molecule has 1 saturated heterocycles. The molecule has 1 fully saturated rings. The molecule has 6 nitrogen and oxygen atoms in total. The maximum Gasteiger partial charge on any atom is 0.259 e. The minimum absolute atomic E-state index is 0.260. The van der Waals surface area contributed by atoms with Crippen molar-refractivity contribution in [3.8, 4) is 5.75 Å². The van der Waals surface area contributed by atoms with Crippen molar-refractivity contribution in [1.29, 1.82) is 0 Å². The summed E-state index contributed by atoms with van der Waals surface area (Å²) in [6, 6.07) is 5.10. The van der Waals surface area contributed by atoms with Crippen LogP contribution in [0.3, 0.4) is 0 Å². The second-order valence-electron chi connectivity index (χ2n) is 6.02. The van der Waals surface area contributed by atoms with E-state index in [1.54, 1.807) is 31.5 Å². The van der Waals surface area contributed by atoms with Crippen molar-refractivity contribution < 1.29 is 9.53 Å². The maximum absolute atomic E-state index is 12.5. The van der Waals surface area contributed by atoms with Crippen LogP contribution in [0.15, 0.2) is 24.4 Å². The Morgan fingerprint density at radius 1 is 1.28 bits per heavy atom. The fourth-order valence-corrected chi connectivity index (χ4v) is 3.12. The fraction of sp³-hybridized carbons (Fsp3) is 0.389. The van der Waals surface area contributed by atoms with E-state index in [1.807, 2.05) is 6.92 Å². The Balaban J connectivity index is 1.74. The van der Waals surface area contributed by atoms with Crippen molar-refractivity contribution in [2.45, 2.75) is 26.2 Å². The first-order valence-corrected chi connectivity index (χ1v) is 8.70. The van der Waals surface area contributed by atoms with E-state index in [-0.39, 0.29) is 5.91 Å². The van der Waals surface area contributed by atoms with Gasteiger partial charge in [-0.05, 0) is 44.4 Å². The molecule has 1 aliphatic heterocycles. The summed E-state index contributed by atoms with van der Waals surface area (Å²) in [5, 5.41) is 3.26. The lowest BCUT2D eigenvalue weighted by Crippen LogP contribution is -2.31. The predicted molar refractivity (Wildman–Crippen MR) is 98.8 cm³/mol. The Kier molecular flexibility index (Phi) is 5.38. The number of aromatic nitrogens is 2. The number of aryl methyl sites for hydroxylation is 1. The summed E-state index contributed by atoms with van der Waals surface area (Å²) >= 11 is 6.09. The number of hydrogen-bond donors (Lipinski definition) is 1. The monoisotopic (exact) mass is 360 g/mol. The highest BCUT2D eigenvalue weighted by Crippen LogP contribution is 2.27. The SMILES string of the molecule is COc1ccc(NC(=O)c2cnc(N3CCCCC3)nc2C)cc1Cl. The number of carbonyl (C=O) groups is 1. The minimum atomic E-state index is -0.260. The van der Waals surface area contributed by atoms with Crippen LogP contribution < -0.4 is 15.0 Å². The molecule has 1 N–H and O–H groups in total.